The van der Waals surface area contributed by atoms with Gasteiger partial charge in [-0.1, -0.05) is 24.3 Å². The molecule has 7 heteroatoms. The van der Waals surface area contributed by atoms with Gasteiger partial charge in [-0.2, -0.15) is 13.2 Å². The minimum absolute atomic E-state index is 0.332. The maximum Gasteiger partial charge on any atom is 0.416 e. The molecule has 0 aliphatic rings. The standard InChI is InChI=1S/C21H23F3N2OS/c1-26(2)14-5-15-28-19-7-4-3-6-18(19)25-20(27)13-10-16-8-11-17(12-9-16)21(22,23)24/h3-4,6-13H,5,14-15H2,1-2H3,(H,25,27)/b13-10+. The van der Waals surface area contributed by atoms with Crippen LogP contribution < -0.4 is 5.32 Å². The Morgan fingerprint density at radius 2 is 1.79 bits per heavy atom. The zero-order chi connectivity index (χ0) is 20.6. The fourth-order valence-electron chi connectivity index (χ4n) is 2.39. The van der Waals surface area contributed by atoms with Crippen molar-refractivity contribution >= 4 is 29.4 Å². The first kappa shape index (κ1) is 22.0. The summed E-state index contributed by atoms with van der Waals surface area (Å²) in [5.74, 6) is 0.605. The number of rotatable bonds is 8. The second kappa shape index (κ2) is 10.3. The molecule has 0 unspecified atom stereocenters. The SMILES string of the molecule is CN(C)CCCSc1ccccc1NC(=O)/C=C/c1ccc(C(F)(F)F)cc1. The van der Waals surface area contributed by atoms with E-state index in [1.165, 1.54) is 24.3 Å². The van der Waals surface area contributed by atoms with Crippen molar-refractivity contribution in [1.29, 1.82) is 0 Å². The molecule has 0 radical (unpaired) electrons. The molecule has 0 atom stereocenters. The third-order valence-electron chi connectivity index (χ3n) is 3.82. The van der Waals surface area contributed by atoms with Crippen LogP contribution in [-0.2, 0) is 11.0 Å². The number of halogens is 3. The van der Waals surface area contributed by atoms with Crippen LogP contribution in [0.3, 0.4) is 0 Å². The number of benzene rings is 2. The molecule has 3 nitrogen and oxygen atoms in total. The Hall–Kier alpha value is -2.25. The van der Waals surface area contributed by atoms with E-state index in [1.54, 1.807) is 11.8 Å². The van der Waals surface area contributed by atoms with Gasteiger partial charge in [0, 0.05) is 11.0 Å². The largest absolute Gasteiger partial charge is 0.416 e. The van der Waals surface area contributed by atoms with Crippen LogP contribution in [0.5, 0.6) is 0 Å². The second-order valence-corrected chi connectivity index (χ2v) is 7.58. The average molecular weight is 408 g/mol. The summed E-state index contributed by atoms with van der Waals surface area (Å²) in [5, 5.41) is 2.83. The minimum Gasteiger partial charge on any atom is -0.321 e. The topological polar surface area (TPSA) is 32.3 Å². The summed E-state index contributed by atoms with van der Waals surface area (Å²) in [7, 11) is 4.06. The van der Waals surface area contributed by atoms with Gasteiger partial charge in [-0.15, -0.1) is 11.8 Å². The van der Waals surface area contributed by atoms with Crippen LogP contribution in [0, 0.1) is 0 Å². The van der Waals surface area contributed by atoms with Gasteiger partial charge >= 0.3 is 6.18 Å². The molecule has 0 saturated carbocycles. The Balaban J connectivity index is 1.94. The van der Waals surface area contributed by atoms with Crippen molar-refractivity contribution in [1.82, 2.24) is 4.90 Å². The summed E-state index contributed by atoms with van der Waals surface area (Å²) in [5.41, 5.74) is 0.531. The first-order chi connectivity index (χ1) is 13.3. The molecular weight excluding hydrogens is 385 g/mol. The molecular formula is C21H23F3N2OS. The van der Waals surface area contributed by atoms with Crippen LogP contribution in [0.1, 0.15) is 17.5 Å². The molecule has 2 aromatic carbocycles. The summed E-state index contributed by atoms with van der Waals surface area (Å²) in [6.07, 6.45) is -0.528. The lowest BCUT2D eigenvalue weighted by Crippen LogP contribution is -2.13. The van der Waals surface area contributed by atoms with E-state index >= 15 is 0 Å². The van der Waals surface area contributed by atoms with E-state index < -0.39 is 11.7 Å². The molecule has 0 aromatic heterocycles. The normalized spacial score (nSPS) is 11.9. The molecule has 0 bridgehead atoms. The fourth-order valence-corrected chi connectivity index (χ4v) is 3.33. The molecule has 1 amide bonds. The number of amides is 1. The second-order valence-electron chi connectivity index (χ2n) is 6.44. The van der Waals surface area contributed by atoms with Crippen molar-refractivity contribution in [2.75, 3.05) is 31.7 Å². The van der Waals surface area contributed by atoms with Crippen molar-refractivity contribution in [2.45, 2.75) is 17.5 Å². The van der Waals surface area contributed by atoms with Gasteiger partial charge in [0.15, 0.2) is 0 Å². The summed E-state index contributed by atoms with van der Waals surface area (Å²) in [6, 6.07) is 12.2. The van der Waals surface area contributed by atoms with Crippen molar-refractivity contribution < 1.29 is 18.0 Å². The Labute approximate surface area is 167 Å². The molecule has 0 aliphatic heterocycles. The highest BCUT2D eigenvalue weighted by Crippen LogP contribution is 2.29. The van der Waals surface area contributed by atoms with Crippen LogP contribution in [0.15, 0.2) is 59.5 Å². The smallest absolute Gasteiger partial charge is 0.321 e. The van der Waals surface area contributed by atoms with Crippen molar-refractivity contribution in [3.63, 3.8) is 0 Å². The Kier molecular flexibility index (Phi) is 8.14. The van der Waals surface area contributed by atoms with Gasteiger partial charge in [0.1, 0.15) is 0 Å². The monoisotopic (exact) mass is 408 g/mol. The lowest BCUT2D eigenvalue weighted by molar-refractivity contribution is -0.137. The molecule has 0 heterocycles. The molecule has 0 spiro atoms. The highest BCUT2D eigenvalue weighted by Gasteiger charge is 2.29. The third kappa shape index (κ3) is 7.40. The zero-order valence-electron chi connectivity index (χ0n) is 15.8. The van der Waals surface area contributed by atoms with Gasteiger partial charge in [-0.3, -0.25) is 4.79 Å². The summed E-state index contributed by atoms with van der Waals surface area (Å²) in [4.78, 5) is 15.3. The molecule has 28 heavy (non-hydrogen) atoms. The maximum absolute atomic E-state index is 12.6. The molecule has 0 fully saturated rings. The fraction of sp³-hybridized carbons (Fsp3) is 0.286. The van der Waals surface area contributed by atoms with E-state index in [-0.39, 0.29) is 5.91 Å². The van der Waals surface area contributed by atoms with Gasteiger partial charge < -0.3 is 10.2 Å². The van der Waals surface area contributed by atoms with E-state index in [2.05, 4.69) is 10.2 Å². The van der Waals surface area contributed by atoms with Crippen LogP contribution in [0.25, 0.3) is 6.08 Å². The number of hydrogen-bond acceptors (Lipinski definition) is 3. The number of alkyl halides is 3. The van der Waals surface area contributed by atoms with E-state index in [0.717, 1.165) is 41.4 Å². The molecule has 0 saturated heterocycles. The van der Waals surface area contributed by atoms with Gasteiger partial charge in [-0.25, -0.2) is 0 Å². The van der Waals surface area contributed by atoms with Crippen molar-refractivity contribution in [3.05, 3.63) is 65.7 Å². The number of thioether (sulfide) groups is 1. The highest BCUT2D eigenvalue weighted by atomic mass is 32.2. The Morgan fingerprint density at radius 1 is 1.11 bits per heavy atom. The lowest BCUT2D eigenvalue weighted by atomic mass is 10.1. The van der Waals surface area contributed by atoms with E-state index in [4.69, 9.17) is 0 Å². The zero-order valence-corrected chi connectivity index (χ0v) is 16.6. The van der Waals surface area contributed by atoms with Crippen LogP contribution in [0.4, 0.5) is 18.9 Å². The number of para-hydroxylation sites is 1. The van der Waals surface area contributed by atoms with E-state index in [9.17, 15) is 18.0 Å². The molecule has 0 aliphatic carbocycles. The molecule has 1 N–H and O–H groups in total. The predicted octanol–water partition coefficient (Wildman–Crippen LogP) is 5.40. The van der Waals surface area contributed by atoms with E-state index in [1.807, 2.05) is 38.4 Å². The van der Waals surface area contributed by atoms with Gasteiger partial charge in [0.25, 0.3) is 0 Å². The first-order valence-electron chi connectivity index (χ1n) is 8.78. The Bertz CT molecular complexity index is 802. The van der Waals surface area contributed by atoms with Crippen molar-refractivity contribution in [3.8, 4) is 0 Å². The van der Waals surface area contributed by atoms with Gasteiger partial charge in [0.05, 0.1) is 11.3 Å². The average Bonchev–Trinajstić information content (AvgIpc) is 2.64. The first-order valence-corrected chi connectivity index (χ1v) is 9.77. The summed E-state index contributed by atoms with van der Waals surface area (Å²) >= 11 is 1.68. The lowest BCUT2D eigenvalue weighted by Gasteiger charge is -2.11. The minimum atomic E-state index is -4.37. The molecule has 2 aromatic rings. The van der Waals surface area contributed by atoms with Gasteiger partial charge in [-0.05, 0) is 68.7 Å². The van der Waals surface area contributed by atoms with Crippen LogP contribution >= 0.6 is 11.8 Å². The number of carbonyl (C=O) groups is 1. The van der Waals surface area contributed by atoms with Gasteiger partial charge in [0.2, 0.25) is 5.91 Å². The van der Waals surface area contributed by atoms with Crippen molar-refractivity contribution in [2.24, 2.45) is 0 Å². The van der Waals surface area contributed by atoms with E-state index in [0.29, 0.717) is 5.56 Å². The number of carbonyl (C=O) groups excluding carboxylic acids is 1. The number of hydrogen-bond donors (Lipinski definition) is 1. The number of anilines is 1. The van der Waals surface area contributed by atoms with Crippen LogP contribution in [0.2, 0.25) is 0 Å². The Morgan fingerprint density at radius 3 is 2.43 bits per heavy atom. The van der Waals surface area contributed by atoms with Crippen LogP contribution in [-0.4, -0.2) is 37.2 Å². The quantitative estimate of drug-likeness (QED) is 0.361. The third-order valence-corrected chi connectivity index (χ3v) is 4.98. The number of nitrogens with one attached hydrogen (secondary N) is 1. The number of nitrogens with zero attached hydrogens (tertiary/aromatic N) is 1. The highest BCUT2D eigenvalue weighted by molar-refractivity contribution is 7.99. The molecule has 150 valence electrons. The maximum atomic E-state index is 12.6. The summed E-state index contributed by atoms with van der Waals surface area (Å²) < 4.78 is 37.7. The molecule has 2 rings (SSSR count). The summed E-state index contributed by atoms with van der Waals surface area (Å²) in [6.45, 7) is 0.997. The predicted molar refractivity (Wildman–Crippen MR) is 109 cm³/mol.